The molecule has 1 aliphatic rings. The summed E-state index contributed by atoms with van der Waals surface area (Å²) in [5.41, 5.74) is 8.33. The lowest BCUT2D eigenvalue weighted by Gasteiger charge is -2.28. The van der Waals surface area contributed by atoms with E-state index in [1.807, 2.05) is 19.1 Å². The van der Waals surface area contributed by atoms with Crippen LogP contribution in [0.2, 0.25) is 0 Å². The fourth-order valence-electron chi connectivity index (χ4n) is 2.93. The quantitative estimate of drug-likeness (QED) is 0.727. The zero-order chi connectivity index (χ0) is 15.4. The van der Waals surface area contributed by atoms with Gasteiger partial charge in [0.2, 0.25) is 5.91 Å². The van der Waals surface area contributed by atoms with Gasteiger partial charge in [0, 0.05) is 10.9 Å². The van der Waals surface area contributed by atoms with Crippen LogP contribution in [0.5, 0.6) is 0 Å². The fraction of sp³-hybridized carbons (Fsp3) is 0.562. The summed E-state index contributed by atoms with van der Waals surface area (Å²) in [6, 6.07) is 3.80. The number of hydrogen-bond donors (Lipinski definition) is 3. The molecule has 21 heavy (non-hydrogen) atoms. The number of carbonyl (C=O) groups is 1. The van der Waals surface area contributed by atoms with Crippen LogP contribution in [0, 0.1) is 18.8 Å². The molecule has 4 N–H and O–H groups in total. The zero-order valence-corrected chi connectivity index (χ0v) is 14.3. The predicted octanol–water partition coefficient (Wildman–Crippen LogP) is 3.30. The first kappa shape index (κ1) is 16.3. The van der Waals surface area contributed by atoms with Crippen molar-refractivity contribution >= 4 is 33.2 Å². The van der Waals surface area contributed by atoms with Gasteiger partial charge >= 0.3 is 0 Å². The van der Waals surface area contributed by atoms with E-state index in [2.05, 4.69) is 33.5 Å². The number of nitrogen functional groups attached to an aromatic ring is 1. The van der Waals surface area contributed by atoms with Crippen LogP contribution in [-0.2, 0) is 4.79 Å². The summed E-state index contributed by atoms with van der Waals surface area (Å²) in [7, 11) is 0. The molecule has 0 bridgehead atoms. The van der Waals surface area contributed by atoms with Gasteiger partial charge in [0.15, 0.2) is 0 Å². The highest BCUT2D eigenvalue weighted by atomic mass is 79.9. The molecule has 2 rings (SSSR count). The minimum absolute atomic E-state index is 0.0465. The van der Waals surface area contributed by atoms with Crippen molar-refractivity contribution in [2.24, 2.45) is 11.8 Å². The summed E-state index contributed by atoms with van der Waals surface area (Å²) in [4.78, 5) is 12.2. The highest BCUT2D eigenvalue weighted by Crippen LogP contribution is 2.29. The van der Waals surface area contributed by atoms with Crippen LogP contribution in [0.1, 0.15) is 31.7 Å². The van der Waals surface area contributed by atoms with Gasteiger partial charge in [-0.1, -0.05) is 22.9 Å². The van der Waals surface area contributed by atoms with E-state index in [1.54, 1.807) is 0 Å². The normalized spacial score (nSPS) is 17.5. The van der Waals surface area contributed by atoms with E-state index in [4.69, 9.17) is 5.73 Å². The Kier molecular flexibility index (Phi) is 5.65. The van der Waals surface area contributed by atoms with Crippen molar-refractivity contribution in [3.8, 4) is 0 Å². The number of piperidine rings is 1. The average Bonchev–Trinajstić information content (AvgIpc) is 2.45. The van der Waals surface area contributed by atoms with Gasteiger partial charge in [-0.25, -0.2) is 0 Å². The number of carbonyl (C=O) groups excluding carboxylic acids is 1. The van der Waals surface area contributed by atoms with Crippen molar-refractivity contribution in [3.05, 3.63) is 22.2 Å². The van der Waals surface area contributed by atoms with Crippen molar-refractivity contribution in [2.45, 2.75) is 33.1 Å². The summed E-state index contributed by atoms with van der Waals surface area (Å²) in [6.45, 7) is 6.24. The Labute approximate surface area is 135 Å². The number of rotatable bonds is 4. The van der Waals surface area contributed by atoms with Gasteiger partial charge in [-0.3, -0.25) is 4.79 Å². The van der Waals surface area contributed by atoms with Gasteiger partial charge in [0.05, 0.1) is 11.4 Å². The molecule has 0 aliphatic carbocycles. The largest absolute Gasteiger partial charge is 0.397 e. The Bertz CT molecular complexity index is 512. The summed E-state index contributed by atoms with van der Waals surface area (Å²) >= 11 is 3.44. The molecule has 1 aromatic carbocycles. The molecule has 0 radical (unpaired) electrons. The standard InChI is InChI=1S/C16H24BrN3O/c1-10(12-3-5-19-6-4-12)8-15(21)20-14-9-13(17)7-11(2)16(14)18/h7,9-10,12,19H,3-6,8,18H2,1-2H3,(H,20,21). The van der Waals surface area contributed by atoms with E-state index in [1.165, 1.54) is 0 Å². The molecule has 1 atom stereocenters. The minimum atomic E-state index is 0.0465. The van der Waals surface area contributed by atoms with Crippen molar-refractivity contribution in [2.75, 3.05) is 24.1 Å². The monoisotopic (exact) mass is 353 g/mol. The average molecular weight is 354 g/mol. The third-order valence-corrected chi connectivity index (χ3v) is 4.78. The second-order valence-corrected chi connectivity index (χ2v) is 6.92. The van der Waals surface area contributed by atoms with E-state index >= 15 is 0 Å². The van der Waals surface area contributed by atoms with E-state index < -0.39 is 0 Å². The molecule has 1 fully saturated rings. The van der Waals surface area contributed by atoms with E-state index in [9.17, 15) is 4.79 Å². The topological polar surface area (TPSA) is 67.2 Å². The summed E-state index contributed by atoms with van der Waals surface area (Å²) in [5, 5.41) is 6.31. The van der Waals surface area contributed by atoms with Crippen molar-refractivity contribution in [1.82, 2.24) is 5.32 Å². The van der Waals surface area contributed by atoms with Gasteiger partial charge in [-0.2, -0.15) is 0 Å². The molecule has 5 heteroatoms. The lowest BCUT2D eigenvalue weighted by atomic mass is 9.84. The molecule has 0 aromatic heterocycles. The van der Waals surface area contributed by atoms with Gasteiger partial charge in [-0.05, 0) is 62.4 Å². The summed E-state index contributed by atoms with van der Waals surface area (Å²) in [6.07, 6.45) is 2.87. The van der Waals surface area contributed by atoms with Crippen LogP contribution < -0.4 is 16.4 Å². The number of benzene rings is 1. The van der Waals surface area contributed by atoms with Gasteiger partial charge < -0.3 is 16.4 Å². The van der Waals surface area contributed by atoms with Gasteiger partial charge in [0.25, 0.3) is 0 Å². The van der Waals surface area contributed by atoms with Crippen molar-refractivity contribution in [3.63, 3.8) is 0 Å². The zero-order valence-electron chi connectivity index (χ0n) is 12.7. The molecule has 1 heterocycles. The second kappa shape index (κ2) is 7.27. The Morgan fingerprint density at radius 1 is 1.48 bits per heavy atom. The van der Waals surface area contributed by atoms with Crippen LogP contribution in [0.3, 0.4) is 0 Å². The number of nitrogens with one attached hydrogen (secondary N) is 2. The molecule has 1 aromatic rings. The third kappa shape index (κ3) is 4.45. The first-order chi connectivity index (χ1) is 9.97. The number of anilines is 2. The lowest BCUT2D eigenvalue weighted by Crippen LogP contribution is -2.32. The molecule has 1 saturated heterocycles. The molecule has 1 unspecified atom stereocenters. The van der Waals surface area contributed by atoms with E-state index in [0.29, 0.717) is 29.6 Å². The van der Waals surface area contributed by atoms with Crippen LogP contribution in [0.15, 0.2) is 16.6 Å². The first-order valence-corrected chi connectivity index (χ1v) is 8.33. The maximum absolute atomic E-state index is 12.2. The number of aryl methyl sites for hydroxylation is 1. The molecule has 116 valence electrons. The van der Waals surface area contributed by atoms with Crippen molar-refractivity contribution in [1.29, 1.82) is 0 Å². The number of hydrogen-bond acceptors (Lipinski definition) is 3. The Hall–Kier alpha value is -1.07. The minimum Gasteiger partial charge on any atom is -0.397 e. The molecule has 1 aliphatic heterocycles. The molecule has 0 saturated carbocycles. The number of nitrogens with two attached hydrogens (primary N) is 1. The maximum atomic E-state index is 12.2. The molecule has 0 spiro atoms. The number of halogens is 1. The Morgan fingerprint density at radius 3 is 2.81 bits per heavy atom. The fourth-order valence-corrected chi connectivity index (χ4v) is 3.50. The van der Waals surface area contributed by atoms with Crippen LogP contribution >= 0.6 is 15.9 Å². The maximum Gasteiger partial charge on any atom is 0.224 e. The summed E-state index contributed by atoms with van der Waals surface area (Å²) in [5.74, 6) is 1.09. The lowest BCUT2D eigenvalue weighted by molar-refractivity contribution is -0.117. The first-order valence-electron chi connectivity index (χ1n) is 7.53. The van der Waals surface area contributed by atoms with Crippen LogP contribution in [0.4, 0.5) is 11.4 Å². The molecular weight excluding hydrogens is 330 g/mol. The predicted molar refractivity (Wildman–Crippen MR) is 91.3 cm³/mol. The Balaban J connectivity index is 1.95. The van der Waals surface area contributed by atoms with Gasteiger partial charge in [-0.15, -0.1) is 0 Å². The van der Waals surface area contributed by atoms with E-state index in [0.717, 1.165) is 36.0 Å². The third-order valence-electron chi connectivity index (χ3n) is 4.32. The highest BCUT2D eigenvalue weighted by molar-refractivity contribution is 9.10. The summed E-state index contributed by atoms with van der Waals surface area (Å²) < 4.78 is 0.927. The van der Waals surface area contributed by atoms with Crippen LogP contribution in [0.25, 0.3) is 0 Å². The molecule has 1 amide bonds. The molecule has 4 nitrogen and oxygen atoms in total. The Morgan fingerprint density at radius 2 is 2.14 bits per heavy atom. The SMILES string of the molecule is Cc1cc(Br)cc(NC(=O)CC(C)C2CCNCC2)c1N. The second-order valence-electron chi connectivity index (χ2n) is 6.00. The highest BCUT2D eigenvalue weighted by Gasteiger charge is 2.22. The molecular formula is C16H24BrN3O. The van der Waals surface area contributed by atoms with Gasteiger partial charge in [0.1, 0.15) is 0 Å². The van der Waals surface area contributed by atoms with Crippen molar-refractivity contribution < 1.29 is 4.79 Å². The number of amides is 1. The van der Waals surface area contributed by atoms with E-state index in [-0.39, 0.29) is 5.91 Å². The van der Waals surface area contributed by atoms with Crippen LogP contribution in [-0.4, -0.2) is 19.0 Å². The smallest absolute Gasteiger partial charge is 0.224 e.